The highest BCUT2D eigenvalue weighted by Gasteiger charge is 2.07. The molecule has 0 aliphatic carbocycles. The van der Waals surface area contributed by atoms with Crippen molar-refractivity contribution in [3.05, 3.63) is 34.5 Å². The van der Waals surface area contributed by atoms with Gasteiger partial charge in [-0.1, -0.05) is 31.5 Å². The average Bonchev–Trinajstić information content (AvgIpc) is 2.67. The summed E-state index contributed by atoms with van der Waals surface area (Å²) in [4.78, 5) is 3.32. The van der Waals surface area contributed by atoms with E-state index >= 15 is 0 Å². The molecule has 0 aliphatic rings. The molecule has 0 bridgehead atoms. The quantitative estimate of drug-likeness (QED) is 0.852. The summed E-state index contributed by atoms with van der Waals surface area (Å²) in [5, 5.41) is 5.55. The molecule has 0 saturated heterocycles. The van der Waals surface area contributed by atoms with Crippen LogP contribution >= 0.6 is 11.6 Å². The summed E-state index contributed by atoms with van der Waals surface area (Å²) in [6.45, 7) is 7.39. The number of benzene rings is 1. The van der Waals surface area contributed by atoms with E-state index in [4.69, 9.17) is 11.6 Å². The van der Waals surface area contributed by atoms with Gasteiger partial charge in [0.15, 0.2) is 0 Å². The fourth-order valence-corrected chi connectivity index (χ4v) is 2.24. The number of hydrogen-bond acceptors (Lipinski definition) is 1. The Morgan fingerprint density at radius 3 is 2.82 bits per heavy atom. The molecule has 2 N–H and O–H groups in total. The van der Waals surface area contributed by atoms with Crippen LogP contribution in [-0.4, -0.2) is 17.6 Å². The van der Waals surface area contributed by atoms with Crippen LogP contribution in [0.3, 0.4) is 0 Å². The topological polar surface area (TPSA) is 27.8 Å². The lowest BCUT2D eigenvalue weighted by atomic mass is 10.1. The zero-order chi connectivity index (χ0) is 12.4. The Morgan fingerprint density at radius 1 is 1.35 bits per heavy atom. The normalized spacial score (nSPS) is 11.6. The first-order valence-corrected chi connectivity index (χ1v) is 6.46. The van der Waals surface area contributed by atoms with Gasteiger partial charge in [0.2, 0.25) is 0 Å². The number of halogens is 1. The molecule has 0 atom stereocenters. The Kier molecular flexibility index (Phi) is 3.75. The molecule has 1 aromatic carbocycles. The lowest BCUT2D eigenvalue weighted by Gasteiger charge is -2.07. The van der Waals surface area contributed by atoms with E-state index in [1.165, 1.54) is 10.9 Å². The van der Waals surface area contributed by atoms with Gasteiger partial charge in [-0.25, -0.2) is 0 Å². The second-order valence-electron chi connectivity index (χ2n) is 4.77. The second-order valence-corrected chi connectivity index (χ2v) is 5.17. The minimum atomic E-state index is 0.538. The van der Waals surface area contributed by atoms with Gasteiger partial charge < -0.3 is 10.3 Å². The number of H-pyrrole nitrogens is 1. The molecule has 2 nitrogen and oxygen atoms in total. The fourth-order valence-electron chi connectivity index (χ4n) is 2.08. The molecule has 0 amide bonds. The van der Waals surface area contributed by atoms with E-state index < -0.39 is 0 Å². The molecule has 0 saturated carbocycles. The van der Waals surface area contributed by atoms with Crippen molar-refractivity contribution in [1.29, 1.82) is 0 Å². The van der Waals surface area contributed by atoms with Crippen LogP contribution in [0.25, 0.3) is 10.9 Å². The molecular formula is C14H19ClN2. The van der Waals surface area contributed by atoms with Gasteiger partial charge in [-0.05, 0) is 37.1 Å². The van der Waals surface area contributed by atoms with Crippen molar-refractivity contribution in [2.75, 3.05) is 6.54 Å². The first-order valence-electron chi connectivity index (χ1n) is 6.08. The van der Waals surface area contributed by atoms with E-state index in [9.17, 15) is 0 Å². The number of nitrogens with one attached hydrogen (secondary N) is 2. The monoisotopic (exact) mass is 250 g/mol. The van der Waals surface area contributed by atoms with Crippen LogP contribution in [-0.2, 0) is 6.42 Å². The smallest absolute Gasteiger partial charge is 0.0501 e. The van der Waals surface area contributed by atoms with Gasteiger partial charge in [-0.2, -0.15) is 0 Å². The van der Waals surface area contributed by atoms with Crippen LogP contribution in [0.1, 0.15) is 25.0 Å². The van der Waals surface area contributed by atoms with Crippen molar-refractivity contribution in [3.63, 3.8) is 0 Å². The third-order valence-electron chi connectivity index (χ3n) is 3.08. The zero-order valence-corrected chi connectivity index (χ0v) is 11.4. The molecule has 0 unspecified atom stereocenters. The average molecular weight is 251 g/mol. The summed E-state index contributed by atoms with van der Waals surface area (Å²) in [5.74, 6) is 0. The molecule has 1 aromatic heterocycles. The number of aromatic nitrogens is 1. The Hall–Kier alpha value is -0.990. The Bertz CT molecular complexity index is 514. The van der Waals surface area contributed by atoms with Crippen LogP contribution in [0.4, 0.5) is 0 Å². The minimum absolute atomic E-state index is 0.538. The molecule has 0 spiro atoms. The van der Waals surface area contributed by atoms with E-state index in [-0.39, 0.29) is 0 Å². The summed E-state index contributed by atoms with van der Waals surface area (Å²) < 4.78 is 0. The molecule has 1 heterocycles. The third kappa shape index (κ3) is 2.64. The predicted octanol–water partition coefficient (Wildman–Crippen LogP) is 3.67. The zero-order valence-electron chi connectivity index (χ0n) is 10.6. The van der Waals surface area contributed by atoms with E-state index in [1.54, 1.807) is 0 Å². The molecule has 17 heavy (non-hydrogen) atoms. The summed E-state index contributed by atoms with van der Waals surface area (Å²) >= 11 is 6.11. The Morgan fingerprint density at radius 2 is 2.12 bits per heavy atom. The van der Waals surface area contributed by atoms with Gasteiger partial charge in [0, 0.05) is 22.6 Å². The summed E-state index contributed by atoms with van der Waals surface area (Å²) in [5.41, 5.74) is 3.65. The van der Waals surface area contributed by atoms with Gasteiger partial charge in [-0.15, -0.1) is 0 Å². The van der Waals surface area contributed by atoms with E-state index in [0.29, 0.717) is 6.04 Å². The predicted molar refractivity (Wildman–Crippen MR) is 74.9 cm³/mol. The van der Waals surface area contributed by atoms with Crippen LogP contribution < -0.4 is 5.32 Å². The SMILES string of the molecule is Cc1c(Cl)ccc2c(CCNC(C)C)c[nH]c12. The maximum Gasteiger partial charge on any atom is 0.0501 e. The van der Waals surface area contributed by atoms with Crippen molar-refractivity contribution in [2.45, 2.75) is 33.2 Å². The fraction of sp³-hybridized carbons (Fsp3) is 0.429. The lowest BCUT2D eigenvalue weighted by molar-refractivity contribution is 0.591. The largest absolute Gasteiger partial charge is 0.361 e. The van der Waals surface area contributed by atoms with Crippen LogP contribution in [0, 0.1) is 6.92 Å². The van der Waals surface area contributed by atoms with Crippen molar-refractivity contribution < 1.29 is 0 Å². The molecule has 92 valence electrons. The van der Waals surface area contributed by atoms with Crippen LogP contribution in [0.2, 0.25) is 5.02 Å². The summed E-state index contributed by atoms with van der Waals surface area (Å²) in [7, 11) is 0. The van der Waals surface area contributed by atoms with E-state index in [0.717, 1.165) is 29.1 Å². The molecule has 0 radical (unpaired) electrons. The number of aromatic amines is 1. The van der Waals surface area contributed by atoms with Crippen LogP contribution in [0.15, 0.2) is 18.3 Å². The number of hydrogen-bond donors (Lipinski definition) is 2. The Balaban J connectivity index is 2.22. The summed E-state index contributed by atoms with van der Waals surface area (Å²) in [6, 6.07) is 4.62. The number of rotatable bonds is 4. The first-order chi connectivity index (χ1) is 8.09. The van der Waals surface area contributed by atoms with Gasteiger partial charge in [-0.3, -0.25) is 0 Å². The highest BCUT2D eigenvalue weighted by molar-refractivity contribution is 6.32. The molecule has 2 aromatic rings. The minimum Gasteiger partial charge on any atom is -0.361 e. The van der Waals surface area contributed by atoms with Crippen LogP contribution in [0.5, 0.6) is 0 Å². The molecule has 2 rings (SSSR count). The van der Waals surface area contributed by atoms with Crippen molar-refractivity contribution in [2.24, 2.45) is 0 Å². The first kappa shape index (κ1) is 12.5. The Labute approximate surface area is 107 Å². The highest BCUT2D eigenvalue weighted by Crippen LogP contribution is 2.27. The van der Waals surface area contributed by atoms with E-state index in [2.05, 4.69) is 43.3 Å². The van der Waals surface area contributed by atoms with Gasteiger partial charge in [0.05, 0.1) is 5.52 Å². The van der Waals surface area contributed by atoms with Gasteiger partial charge >= 0.3 is 0 Å². The number of aryl methyl sites for hydroxylation is 1. The molecule has 0 aliphatic heterocycles. The maximum absolute atomic E-state index is 6.11. The maximum atomic E-state index is 6.11. The molecule has 3 heteroatoms. The highest BCUT2D eigenvalue weighted by atomic mass is 35.5. The summed E-state index contributed by atoms with van der Waals surface area (Å²) in [6.07, 6.45) is 3.13. The van der Waals surface area contributed by atoms with Crippen molar-refractivity contribution >= 4 is 22.5 Å². The van der Waals surface area contributed by atoms with Gasteiger partial charge in [0.25, 0.3) is 0 Å². The van der Waals surface area contributed by atoms with E-state index in [1.807, 2.05) is 6.07 Å². The standard InChI is InChI=1S/C14H19ClN2/c1-9(2)16-7-6-11-8-17-14-10(3)13(15)5-4-12(11)14/h4-5,8-9,16-17H,6-7H2,1-3H3. The molecular weight excluding hydrogens is 232 g/mol. The van der Waals surface area contributed by atoms with Crippen molar-refractivity contribution in [1.82, 2.24) is 10.3 Å². The number of fused-ring (bicyclic) bond motifs is 1. The third-order valence-corrected chi connectivity index (χ3v) is 3.49. The molecule has 0 fully saturated rings. The van der Waals surface area contributed by atoms with Crippen molar-refractivity contribution in [3.8, 4) is 0 Å². The van der Waals surface area contributed by atoms with Gasteiger partial charge in [0.1, 0.15) is 0 Å². The lowest BCUT2D eigenvalue weighted by Crippen LogP contribution is -2.24. The second kappa shape index (κ2) is 5.11.